The lowest BCUT2D eigenvalue weighted by Crippen LogP contribution is -1.99. The van der Waals surface area contributed by atoms with Gasteiger partial charge in [-0.25, -0.2) is 4.21 Å². The van der Waals surface area contributed by atoms with Crippen LogP contribution in [-0.4, -0.2) is 17.4 Å². The fourth-order valence-corrected chi connectivity index (χ4v) is 3.58. The molecule has 0 aliphatic rings. The molecule has 2 aromatic carbocycles. The van der Waals surface area contributed by atoms with Crippen LogP contribution in [0.25, 0.3) is 0 Å². The third-order valence-electron chi connectivity index (χ3n) is 4.11. The number of unbranched alkanes of at least 4 members (excludes halogenated alkanes) is 4. The molecule has 2 aromatic rings. The second kappa shape index (κ2) is 11.7. The zero-order valence-electron chi connectivity index (χ0n) is 15.9. The third-order valence-corrected chi connectivity index (χ3v) is 5.51. The van der Waals surface area contributed by atoms with Gasteiger partial charge in [0.05, 0.1) is 24.0 Å². The molecule has 0 fully saturated rings. The average Bonchev–Trinajstić information content (AvgIpc) is 2.69. The Balaban J connectivity index is 1.87. The van der Waals surface area contributed by atoms with Crippen LogP contribution >= 0.6 is 0 Å². The maximum Gasteiger partial charge on any atom is 0.119 e. The highest BCUT2D eigenvalue weighted by molar-refractivity contribution is 7.85. The number of benzene rings is 2. The van der Waals surface area contributed by atoms with E-state index in [0.29, 0.717) is 0 Å². The van der Waals surface area contributed by atoms with Crippen LogP contribution in [0, 0.1) is 0 Å². The fourth-order valence-electron chi connectivity index (χ4n) is 2.54. The summed E-state index contributed by atoms with van der Waals surface area (Å²) in [5.41, 5.74) is 0. The van der Waals surface area contributed by atoms with Crippen LogP contribution < -0.4 is 9.47 Å². The van der Waals surface area contributed by atoms with Crippen LogP contribution in [0.1, 0.15) is 52.4 Å². The van der Waals surface area contributed by atoms with Gasteiger partial charge in [0.2, 0.25) is 0 Å². The molecule has 0 saturated carbocycles. The summed E-state index contributed by atoms with van der Waals surface area (Å²) in [7, 11) is -1.19. The summed E-state index contributed by atoms with van der Waals surface area (Å²) in [4.78, 5) is 1.56. The van der Waals surface area contributed by atoms with E-state index in [0.717, 1.165) is 47.3 Å². The van der Waals surface area contributed by atoms with E-state index in [4.69, 9.17) is 9.47 Å². The largest absolute Gasteiger partial charge is 0.494 e. The van der Waals surface area contributed by atoms with Crippen LogP contribution in [0.3, 0.4) is 0 Å². The van der Waals surface area contributed by atoms with Crippen molar-refractivity contribution in [3.63, 3.8) is 0 Å². The molecule has 0 radical (unpaired) electrons. The van der Waals surface area contributed by atoms with Gasteiger partial charge in [-0.3, -0.25) is 0 Å². The summed E-state index contributed by atoms with van der Waals surface area (Å²) < 4.78 is 24.1. The Bertz CT molecular complexity index is 593. The molecule has 0 unspecified atom stereocenters. The van der Waals surface area contributed by atoms with Crippen molar-refractivity contribution in [3.8, 4) is 11.5 Å². The van der Waals surface area contributed by atoms with Crippen LogP contribution in [-0.2, 0) is 10.8 Å². The summed E-state index contributed by atoms with van der Waals surface area (Å²) in [6.45, 7) is 5.82. The highest BCUT2D eigenvalue weighted by atomic mass is 32.2. The molecule has 26 heavy (non-hydrogen) atoms. The number of rotatable bonds is 12. The van der Waals surface area contributed by atoms with E-state index in [1.165, 1.54) is 25.7 Å². The fraction of sp³-hybridized carbons (Fsp3) is 0.455. The van der Waals surface area contributed by atoms with Crippen molar-refractivity contribution < 1.29 is 13.7 Å². The van der Waals surface area contributed by atoms with Gasteiger partial charge in [0.15, 0.2) is 0 Å². The molecule has 0 aromatic heterocycles. The Morgan fingerprint density at radius 2 is 1.04 bits per heavy atom. The maximum absolute atomic E-state index is 12.7. The molecule has 0 spiro atoms. The monoisotopic (exact) mass is 374 g/mol. The number of hydrogen-bond acceptors (Lipinski definition) is 3. The zero-order valence-corrected chi connectivity index (χ0v) is 16.7. The molecular weight excluding hydrogens is 344 g/mol. The first-order valence-electron chi connectivity index (χ1n) is 9.62. The molecule has 0 aliphatic carbocycles. The Hall–Kier alpha value is -1.81. The first-order chi connectivity index (χ1) is 12.7. The second-order valence-corrected chi connectivity index (χ2v) is 7.80. The topological polar surface area (TPSA) is 35.5 Å². The number of ether oxygens (including phenoxy) is 2. The van der Waals surface area contributed by atoms with Crippen LogP contribution in [0.5, 0.6) is 11.5 Å². The molecule has 0 aliphatic heterocycles. The lowest BCUT2D eigenvalue weighted by molar-refractivity contribution is 0.306. The van der Waals surface area contributed by atoms with E-state index in [1.807, 2.05) is 48.5 Å². The highest BCUT2D eigenvalue weighted by Gasteiger charge is 2.08. The van der Waals surface area contributed by atoms with Crippen LogP contribution in [0.4, 0.5) is 0 Å². The van der Waals surface area contributed by atoms with Gasteiger partial charge < -0.3 is 9.47 Å². The van der Waals surface area contributed by atoms with Gasteiger partial charge in [0.1, 0.15) is 11.5 Å². The SMILES string of the molecule is CCCCCOc1ccc(S(=O)c2ccc(OCCCCC)cc2)cc1. The van der Waals surface area contributed by atoms with Gasteiger partial charge >= 0.3 is 0 Å². The Kier molecular flexibility index (Phi) is 9.26. The first-order valence-corrected chi connectivity index (χ1v) is 10.8. The van der Waals surface area contributed by atoms with E-state index in [9.17, 15) is 4.21 Å². The van der Waals surface area contributed by atoms with Gasteiger partial charge in [-0.1, -0.05) is 39.5 Å². The van der Waals surface area contributed by atoms with Crippen molar-refractivity contribution in [1.82, 2.24) is 0 Å². The van der Waals surface area contributed by atoms with Gasteiger partial charge in [0, 0.05) is 9.79 Å². The lowest BCUT2D eigenvalue weighted by Gasteiger charge is -2.08. The van der Waals surface area contributed by atoms with Crippen LogP contribution in [0.2, 0.25) is 0 Å². The Labute approximate surface area is 160 Å². The number of hydrogen-bond donors (Lipinski definition) is 0. The molecule has 3 nitrogen and oxygen atoms in total. The normalized spacial score (nSPS) is 10.9. The minimum absolute atomic E-state index is 0.732. The van der Waals surface area contributed by atoms with Crippen molar-refractivity contribution in [2.75, 3.05) is 13.2 Å². The predicted octanol–water partition coefficient (Wildman–Crippen LogP) is 5.99. The van der Waals surface area contributed by atoms with Gasteiger partial charge in [-0.15, -0.1) is 0 Å². The van der Waals surface area contributed by atoms with Crippen molar-refractivity contribution in [2.24, 2.45) is 0 Å². The van der Waals surface area contributed by atoms with Crippen molar-refractivity contribution in [2.45, 2.75) is 62.2 Å². The molecule has 142 valence electrons. The minimum atomic E-state index is -1.19. The molecule has 0 atom stereocenters. The maximum atomic E-state index is 12.7. The molecule has 4 heteroatoms. The quantitative estimate of drug-likeness (QED) is 0.428. The molecule has 0 saturated heterocycles. The standard InChI is InChI=1S/C22H30O3S/c1-3-5-7-17-24-19-9-13-21(14-10-19)26(23)22-15-11-20(12-16-22)25-18-8-6-4-2/h9-16H,3-8,17-18H2,1-2H3. The van der Waals surface area contributed by atoms with Crippen LogP contribution in [0.15, 0.2) is 58.3 Å². The smallest absolute Gasteiger partial charge is 0.119 e. The average molecular weight is 375 g/mol. The molecule has 2 rings (SSSR count). The summed E-state index contributed by atoms with van der Waals surface area (Å²) in [6.07, 6.45) is 6.86. The highest BCUT2D eigenvalue weighted by Crippen LogP contribution is 2.22. The molecular formula is C22H30O3S. The Morgan fingerprint density at radius 1 is 0.654 bits per heavy atom. The van der Waals surface area contributed by atoms with E-state index in [-0.39, 0.29) is 0 Å². The van der Waals surface area contributed by atoms with Gasteiger partial charge in [0.25, 0.3) is 0 Å². The van der Waals surface area contributed by atoms with Crippen molar-refractivity contribution >= 4 is 10.8 Å². The van der Waals surface area contributed by atoms with Crippen molar-refractivity contribution in [1.29, 1.82) is 0 Å². The van der Waals surface area contributed by atoms with E-state index < -0.39 is 10.8 Å². The second-order valence-electron chi connectivity index (χ2n) is 6.32. The van der Waals surface area contributed by atoms with E-state index in [1.54, 1.807) is 0 Å². The third kappa shape index (κ3) is 6.83. The molecule has 0 bridgehead atoms. The first kappa shape index (κ1) is 20.5. The Morgan fingerprint density at radius 3 is 1.38 bits per heavy atom. The predicted molar refractivity (Wildman–Crippen MR) is 108 cm³/mol. The molecule has 0 N–H and O–H groups in total. The summed E-state index contributed by atoms with van der Waals surface area (Å²) in [6, 6.07) is 15.1. The van der Waals surface area contributed by atoms with Crippen molar-refractivity contribution in [3.05, 3.63) is 48.5 Å². The zero-order chi connectivity index (χ0) is 18.6. The van der Waals surface area contributed by atoms with Gasteiger partial charge in [-0.05, 0) is 61.4 Å². The van der Waals surface area contributed by atoms with E-state index in [2.05, 4.69) is 13.8 Å². The summed E-state index contributed by atoms with van der Waals surface area (Å²) >= 11 is 0. The minimum Gasteiger partial charge on any atom is -0.494 e. The summed E-state index contributed by atoms with van der Waals surface area (Å²) in [5, 5.41) is 0. The lowest BCUT2D eigenvalue weighted by atomic mass is 10.3. The van der Waals surface area contributed by atoms with Gasteiger partial charge in [-0.2, -0.15) is 0 Å². The van der Waals surface area contributed by atoms with E-state index >= 15 is 0 Å². The molecule has 0 heterocycles. The molecule has 0 amide bonds. The summed E-state index contributed by atoms with van der Waals surface area (Å²) in [5.74, 6) is 1.66.